The maximum atomic E-state index is 12.5. The molecule has 0 saturated heterocycles. The highest BCUT2D eigenvalue weighted by Crippen LogP contribution is 2.34. The molecule has 1 atom stereocenters. The van der Waals surface area contributed by atoms with E-state index in [0.29, 0.717) is 12.6 Å². The van der Waals surface area contributed by atoms with Crippen molar-refractivity contribution in [2.24, 2.45) is 0 Å². The van der Waals surface area contributed by atoms with E-state index in [0.717, 1.165) is 44.9 Å². The number of nitrogens with one attached hydrogen (secondary N) is 1. The SMILES string of the molecule is CN(CC(=O)NC1(C#N)CCCCC1)C1CCc2ccccc21. The second kappa shape index (κ2) is 6.72. The van der Waals surface area contributed by atoms with E-state index in [1.807, 2.05) is 7.05 Å². The van der Waals surface area contributed by atoms with Gasteiger partial charge in [-0.3, -0.25) is 9.69 Å². The number of benzene rings is 1. The summed E-state index contributed by atoms with van der Waals surface area (Å²) < 4.78 is 0. The summed E-state index contributed by atoms with van der Waals surface area (Å²) in [6, 6.07) is 11.1. The Hall–Kier alpha value is -1.86. The summed E-state index contributed by atoms with van der Waals surface area (Å²) in [5, 5.41) is 12.5. The summed E-state index contributed by atoms with van der Waals surface area (Å²) in [7, 11) is 2.01. The van der Waals surface area contributed by atoms with Gasteiger partial charge in [-0.05, 0) is 43.9 Å². The van der Waals surface area contributed by atoms with Crippen LogP contribution in [0.5, 0.6) is 0 Å². The number of fused-ring (bicyclic) bond motifs is 1. The van der Waals surface area contributed by atoms with E-state index in [1.54, 1.807) is 0 Å². The molecule has 1 N–H and O–H groups in total. The van der Waals surface area contributed by atoms with Crippen LogP contribution >= 0.6 is 0 Å². The van der Waals surface area contributed by atoms with Gasteiger partial charge in [0.1, 0.15) is 5.54 Å². The molecule has 4 nitrogen and oxygen atoms in total. The van der Waals surface area contributed by atoms with Gasteiger partial charge in [0.2, 0.25) is 5.91 Å². The van der Waals surface area contributed by atoms with Gasteiger partial charge < -0.3 is 5.32 Å². The van der Waals surface area contributed by atoms with E-state index < -0.39 is 5.54 Å². The topological polar surface area (TPSA) is 56.1 Å². The summed E-state index contributed by atoms with van der Waals surface area (Å²) in [5.74, 6) is -0.0275. The first kappa shape index (κ1) is 16.0. The van der Waals surface area contributed by atoms with Crippen LogP contribution in [0, 0.1) is 11.3 Å². The molecule has 1 aromatic carbocycles. The highest BCUT2D eigenvalue weighted by Gasteiger charge is 2.34. The Labute approximate surface area is 138 Å². The smallest absolute Gasteiger partial charge is 0.235 e. The standard InChI is InChI=1S/C19H25N3O/c1-22(17-10-9-15-7-3-4-8-16(15)17)13-18(23)21-19(14-20)11-5-2-6-12-19/h3-4,7-8,17H,2,5-6,9-13H2,1H3,(H,21,23). The Balaban J connectivity index is 1.61. The number of nitriles is 1. The second-order valence-corrected chi connectivity index (χ2v) is 6.97. The third-order valence-corrected chi connectivity index (χ3v) is 5.33. The van der Waals surface area contributed by atoms with Crippen molar-refractivity contribution >= 4 is 5.91 Å². The van der Waals surface area contributed by atoms with Gasteiger partial charge in [0.05, 0.1) is 12.6 Å². The number of rotatable bonds is 4. The van der Waals surface area contributed by atoms with Gasteiger partial charge in [0.25, 0.3) is 0 Å². The summed E-state index contributed by atoms with van der Waals surface area (Å²) >= 11 is 0. The maximum Gasteiger partial charge on any atom is 0.235 e. The Morgan fingerprint density at radius 2 is 2.09 bits per heavy atom. The molecular weight excluding hydrogens is 286 g/mol. The Bertz CT molecular complexity index is 613. The first-order valence-corrected chi connectivity index (χ1v) is 8.64. The van der Waals surface area contributed by atoms with Crippen molar-refractivity contribution in [3.8, 4) is 6.07 Å². The van der Waals surface area contributed by atoms with Crippen molar-refractivity contribution in [1.82, 2.24) is 10.2 Å². The summed E-state index contributed by atoms with van der Waals surface area (Å²) in [6.45, 7) is 0.350. The first-order valence-electron chi connectivity index (χ1n) is 8.64. The van der Waals surface area contributed by atoms with Gasteiger partial charge in [-0.15, -0.1) is 0 Å². The van der Waals surface area contributed by atoms with Gasteiger partial charge in [0, 0.05) is 6.04 Å². The van der Waals surface area contributed by atoms with Gasteiger partial charge in [-0.2, -0.15) is 5.26 Å². The molecule has 2 aliphatic carbocycles. The van der Waals surface area contributed by atoms with E-state index in [2.05, 4.69) is 40.6 Å². The minimum Gasteiger partial charge on any atom is -0.337 e. The lowest BCUT2D eigenvalue weighted by atomic mass is 9.83. The maximum absolute atomic E-state index is 12.5. The van der Waals surface area contributed by atoms with Crippen LogP contribution in [0.1, 0.15) is 55.7 Å². The molecule has 2 aliphatic rings. The zero-order chi connectivity index (χ0) is 16.3. The van der Waals surface area contributed by atoms with Crippen molar-refractivity contribution in [3.63, 3.8) is 0 Å². The molecule has 0 radical (unpaired) electrons. The lowest BCUT2D eigenvalue weighted by Gasteiger charge is -2.33. The number of aryl methyl sites for hydroxylation is 1. The van der Waals surface area contributed by atoms with E-state index >= 15 is 0 Å². The monoisotopic (exact) mass is 311 g/mol. The van der Waals surface area contributed by atoms with Crippen LogP contribution in [-0.4, -0.2) is 29.9 Å². The van der Waals surface area contributed by atoms with Crippen LogP contribution in [0.2, 0.25) is 0 Å². The molecule has 0 heterocycles. The van der Waals surface area contributed by atoms with Crippen molar-refractivity contribution < 1.29 is 4.79 Å². The molecule has 0 aromatic heterocycles. The summed E-state index contributed by atoms with van der Waals surface area (Å²) in [6.07, 6.45) is 6.93. The van der Waals surface area contributed by atoms with Crippen LogP contribution in [0.3, 0.4) is 0 Å². The Morgan fingerprint density at radius 3 is 2.83 bits per heavy atom. The molecule has 0 bridgehead atoms. The van der Waals surface area contributed by atoms with Gasteiger partial charge in [0.15, 0.2) is 0 Å². The third-order valence-electron chi connectivity index (χ3n) is 5.33. The molecule has 1 aromatic rings. The lowest BCUT2D eigenvalue weighted by molar-refractivity contribution is -0.124. The third kappa shape index (κ3) is 3.40. The molecule has 1 fully saturated rings. The number of hydrogen-bond acceptors (Lipinski definition) is 3. The fourth-order valence-electron chi connectivity index (χ4n) is 4.06. The molecule has 0 aliphatic heterocycles. The molecule has 1 unspecified atom stereocenters. The number of hydrogen-bond donors (Lipinski definition) is 1. The Kier molecular flexibility index (Phi) is 4.68. The zero-order valence-electron chi connectivity index (χ0n) is 13.8. The van der Waals surface area contributed by atoms with E-state index in [-0.39, 0.29) is 5.91 Å². The molecule has 1 saturated carbocycles. The lowest BCUT2D eigenvalue weighted by Crippen LogP contribution is -2.51. The van der Waals surface area contributed by atoms with Gasteiger partial charge in [-0.25, -0.2) is 0 Å². The number of amides is 1. The molecular formula is C19H25N3O. The van der Waals surface area contributed by atoms with Crippen LogP contribution < -0.4 is 5.32 Å². The van der Waals surface area contributed by atoms with E-state index in [9.17, 15) is 10.1 Å². The number of carbonyl (C=O) groups excluding carboxylic acids is 1. The average Bonchev–Trinajstić information content (AvgIpc) is 2.99. The largest absolute Gasteiger partial charge is 0.337 e. The van der Waals surface area contributed by atoms with Gasteiger partial charge >= 0.3 is 0 Å². The van der Waals surface area contributed by atoms with E-state index in [4.69, 9.17) is 0 Å². The predicted octanol–water partition coefficient (Wildman–Crippen LogP) is 2.95. The highest BCUT2D eigenvalue weighted by molar-refractivity contribution is 5.79. The van der Waals surface area contributed by atoms with Crippen LogP contribution in [0.25, 0.3) is 0 Å². The summed E-state index contributed by atoms with van der Waals surface area (Å²) in [4.78, 5) is 14.6. The average molecular weight is 311 g/mol. The van der Waals surface area contributed by atoms with Crippen LogP contribution in [-0.2, 0) is 11.2 Å². The van der Waals surface area contributed by atoms with E-state index in [1.165, 1.54) is 11.1 Å². The van der Waals surface area contributed by atoms with Crippen molar-refractivity contribution in [3.05, 3.63) is 35.4 Å². The fourth-order valence-corrected chi connectivity index (χ4v) is 4.06. The fraction of sp³-hybridized carbons (Fsp3) is 0.579. The quantitative estimate of drug-likeness (QED) is 0.930. The molecule has 122 valence electrons. The zero-order valence-corrected chi connectivity index (χ0v) is 13.8. The van der Waals surface area contributed by atoms with Crippen molar-refractivity contribution in [2.75, 3.05) is 13.6 Å². The number of likely N-dealkylation sites (N-methyl/N-ethyl adjacent to an activating group) is 1. The Morgan fingerprint density at radius 1 is 1.35 bits per heavy atom. The molecule has 3 rings (SSSR count). The predicted molar refractivity (Wildman–Crippen MR) is 89.7 cm³/mol. The minimum atomic E-state index is -0.635. The molecule has 4 heteroatoms. The van der Waals surface area contributed by atoms with Gasteiger partial charge in [-0.1, -0.05) is 43.5 Å². The highest BCUT2D eigenvalue weighted by atomic mass is 16.2. The number of nitrogens with zero attached hydrogens (tertiary/aromatic N) is 2. The normalized spacial score (nSPS) is 22.4. The molecule has 1 amide bonds. The number of carbonyl (C=O) groups is 1. The van der Waals surface area contributed by atoms with Crippen LogP contribution in [0.4, 0.5) is 0 Å². The summed E-state index contributed by atoms with van der Waals surface area (Å²) in [5.41, 5.74) is 2.10. The van der Waals surface area contributed by atoms with Crippen LogP contribution in [0.15, 0.2) is 24.3 Å². The second-order valence-electron chi connectivity index (χ2n) is 6.97. The molecule has 23 heavy (non-hydrogen) atoms. The first-order chi connectivity index (χ1) is 11.1. The van der Waals surface area contributed by atoms with Crippen molar-refractivity contribution in [1.29, 1.82) is 5.26 Å². The molecule has 0 spiro atoms. The van der Waals surface area contributed by atoms with Crippen molar-refractivity contribution in [2.45, 2.75) is 56.5 Å². The minimum absolute atomic E-state index is 0.0275.